The molecule has 0 amide bonds. The zero-order valence-electron chi connectivity index (χ0n) is 22.3. The molecule has 4 rings (SSSR count). The second-order valence-corrected chi connectivity index (χ2v) is 10.4. The van der Waals surface area contributed by atoms with E-state index in [1.807, 2.05) is 36.4 Å². The predicted octanol–water partition coefficient (Wildman–Crippen LogP) is 9.10. The predicted molar refractivity (Wildman–Crippen MR) is 153 cm³/mol. The second-order valence-electron chi connectivity index (χ2n) is 10.4. The van der Waals surface area contributed by atoms with Gasteiger partial charge in [0.25, 0.3) is 0 Å². The van der Waals surface area contributed by atoms with E-state index >= 15 is 0 Å². The molecular weight excluding hydrogens is 440 g/mol. The molecule has 36 heavy (non-hydrogen) atoms. The van der Waals surface area contributed by atoms with Crippen molar-refractivity contribution < 1.29 is 5.11 Å². The molecule has 0 saturated heterocycles. The van der Waals surface area contributed by atoms with Gasteiger partial charge in [-0.2, -0.15) is 0 Å². The van der Waals surface area contributed by atoms with E-state index in [0.29, 0.717) is 24.1 Å². The van der Waals surface area contributed by atoms with Gasteiger partial charge in [0.05, 0.1) is 17.9 Å². The van der Waals surface area contributed by atoms with Crippen LogP contribution in [0.2, 0.25) is 0 Å². The lowest BCUT2D eigenvalue weighted by atomic mass is 9.92. The molecule has 0 aliphatic heterocycles. The minimum atomic E-state index is 0.245. The summed E-state index contributed by atoms with van der Waals surface area (Å²) in [4.78, 5) is 5.04. The number of aromatic hydroxyl groups is 1. The maximum Gasteiger partial charge on any atom is 0.126 e. The summed E-state index contributed by atoms with van der Waals surface area (Å²) in [5.41, 5.74) is 9.59. The van der Waals surface area contributed by atoms with Crippen molar-refractivity contribution in [3.8, 4) is 28.1 Å². The molecule has 3 heteroatoms. The average molecular weight is 479 g/mol. The third kappa shape index (κ3) is 5.31. The van der Waals surface area contributed by atoms with E-state index in [4.69, 9.17) is 4.98 Å². The van der Waals surface area contributed by atoms with Gasteiger partial charge < -0.3 is 10.4 Å². The molecular formula is C33H38N2O. The number of rotatable bonds is 8. The highest BCUT2D eigenvalue weighted by Gasteiger charge is 2.17. The molecule has 0 unspecified atom stereocenters. The van der Waals surface area contributed by atoms with Gasteiger partial charge in [0.2, 0.25) is 0 Å². The van der Waals surface area contributed by atoms with Crippen LogP contribution in [0.1, 0.15) is 81.7 Å². The normalized spacial score (nSPS) is 11.5. The maximum atomic E-state index is 11.1. The number of hydrogen-bond donors (Lipinski definition) is 2. The van der Waals surface area contributed by atoms with Gasteiger partial charge in [0, 0.05) is 16.8 Å². The third-order valence-electron chi connectivity index (χ3n) is 6.81. The van der Waals surface area contributed by atoms with Crippen molar-refractivity contribution >= 4 is 5.69 Å². The number of nitrogens with one attached hydrogen (secondary N) is 1. The van der Waals surface area contributed by atoms with E-state index in [2.05, 4.69) is 89.3 Å². The van der Waals surface area contributed by atoms with Crippen molar-refractivity contribution in [3.63, 3.8) is 0 Å². The second kappa shape index (κ2) is 11.0. The van der Waals surface area contributed by atoms with Crippen LogP contribution in [0, 0.1) is 0 Å². The van der Waals surface area contributed by atoms with E-state index < -0.39 is 0 Å². The van der Waals surface area contributed by atoms with Crippen molar-refractivity contribution in [1.29, 1.82) is 0 Å². The molecule has 0 fully saturated rings. The van der Waals surface area contributed by atoms with E-state index in [1.165, 1.54) is 16.8 Å². The Bertz CT molecular complexity index is 1310. The zero-order valence-corrected chi connectivity index (χ0v) is 22.3. The molecule has 186 valence electrons. The van der Waals surface area contributed by atoms with Crippen molar-refractivity contribution in [1.82, 2.24) is 4.98 Å². The van der Waals surface area contributed by atoms with Crippen molar-refractivity contribution in [3.05, 3.63) is 101 Å². The van der Waals surface area contributed by atoms with Crippen LogP contribution in [0.5, 0.6) is 5.75 Å². The SMILES string of the molecule is CC(C)c1cccc(-c2ccccc2-c2cccc(CNc3c(C(C)C)cccc3C(C)C)n2)c1O. The first-order chi connectivity index (χ1) is 17.3. The zero-order chi connectivity index (χ0) is 25.8. The largest absolute Gasteiger partial charge is 0.507 e. The Balaban J connectivity index is 1.69. The molecule has 0 spiro atoms. The van der Waals surface area contributed by atoms with Crippen molar-refractivity contribution in [2.24, 2.45) is 0 Å². The summed E-state index contributed by atoms with van der Waals surface area (Å²) >= 11 is 0. The lowest BCUT2D eigenvalue weighted by Crippen LogP contribution is -2.09. The van der Waals surface area contributed by atoms with Gasteiger partial charge in [0.15, 0.2) is 0 Å². The molecule has 0 bridgehead atoms. The number of pyridine rings is 1. The number of phenols is 1. The van der Waals surface area contributed by atoms with Gasteiger partial charge in [-0.25, -0.2) is 0 Å². The molecule has 4 aromatic rings. The minimum Gasteiger partial charge on any atom is -0.507 e. The number of phenolic OH excluding ortho intramolecular Hbond substituents is 1. The Hall–Kier alpha value is -3.59. The minimum absolute atomic E-state index is 0.245. The summed E-state index contributed by atoms with van der Waals surface area (Å²) in [6.45, 7) is 13.8. The summed E-state index contributed by atoms with van der Waals surface area (Å²) in [6.07, 6.45) is 0. The summed E-state index contributed by atoms with van der Waals surface area (Å²) in [7, 11) is 0. The molecule has 0 aliphatic carbocycles. The fourth-order valence-electron chi connectivity index (χ4n) is 4.85. The first-order valence-corrected chi connectivity index (χ1v) is 13.0. The Morgan fingerprint density at radius 2 is 1.14 bits per heavy atom. The molecule has 0 aliphatic rings. The summed E-state index contributed by atoms with van der Waals surface area (Å²) in [5, 5.41) is 14.8. The van der Waals surface area contributed by atoms with Gasteiger partial charge in [-0.15, -0.1) is 0 Å². The molecule has 0 radical (unpaired) electrons. The number of anilines is 1. The Kier molecular flexibility index (Phi) is 7.79. The molecule has 3 nitrogen and oxygen atoms in total. The highest BCUT2D eigenvalue weighted by molar-refractivity contribution is 5.85. The van der Waals surface area contributed by atoms with Crippen molar-refractivity contribution in [2.75, 3.05) is 5.32 Å². The van der Waals surface area contributed by atoms with Crippen LogP contribution in [0.25, 0.3) is 22.4 Å². The smallest absolute Gasteiger partial charge is 0.126 e. The average Bonchev–Trinajstić information content (AvgIpc) is 2.87. The van der Waals surface area contributed by atoms with Crippen LogP contribution in [-0.4, -0.2) is 10.1 Å². The Labute approximate surface area is 216 Å². The van der Waals surface area contributed by atoms with Crippen LogP contribution in [0.15, 0.2) is 78.9 Å². The highest BCUT2D eigenvalue weighted by atomic mass is 16.3. The van der Waals surface area contributed by atoms with Crippen LogP contribution in [0.4, 0.5) is 5.69 Å². The van der Waals surface area contributed by atoms with E-state index in [0.717, 1.165) is 33.6 Å². The standard InChI is InChI=1S/C33H38N2O/c1-21(2)25-15-10-16-26(22(3)4)32(25)34-20-24-12-9-19-31(35-24)29-14-8-7-13-28(29)30-18-11-17-27(23(5)6)33(30)36/h7-19,21-23,34,36H,20H2,1-6H3. The third-order valence-corrected chi connectivity index (χ3v) is 6.81. The number of hydrogen-bond acceptors (Lipinski definition) is 3. The van der Waals surface area contributed by atoms with Crippen molar-refractivity contribution in [2.45, 2.75) is 65.8 Å². The van der Waals surface area contributed by atoms with Gasteiger partial charge >= 0.3 is 0 Å². The van der Waals surface area contributed by atoms with Gasteiger partial charge in [-0.3, -0.25) is 4.98 Å². The fraction of sp³-hybridized carbons (Fsp3) is 0.303. The van der Waals surface area contributed by atoms with Gasteiger partial charge in [-0.05, 0) is 52.1 Å². The maximum absolute atomic E-state index is 11.1. The molecule has 1 heterocycles. The highest BCUT2D eigenvalue weighted by Crippen LogP contribution is 2.40. The molecule has 3 aromatic carbocycles. The Morgan fingerprint density at radius 1 is 0.611 bits per heavy atom. The first-order valence-electron chi connectivity index (χ1n) is 13.0. The quantitative estimate of drug-likeness (QED) is 0.265. The lowest BCUT2D eigenvalue weighted by Gasteiger charge is -2.21. The van der Waals surface area contributed by atoms with Crippen LogP contribution >= 0.6 is 0 Å². The molecule has 1 aromatic heterocycles. The number of para-hydroxylation sites is 2. The first kappa shape index (κ1) is 25.5. The van der Waals surface area contributed by atoms with Crippen LogP contribution < -0.4 is 5.32 Å². The van der Waals surface area contributed by atoms with E-state index in [9.17, 15) is 5.11 Å². The summed E-state index contributed by atoms with van der Waals surface area (Å²) < 4.78 is 0. The van der Waals surface area contributed by atoms with E-state index in [-0.39, 0.29) is 5.92 Å². The number of nitrogens with zero attached hydrogens (tertiary/aromatic N) is 1. The summed E-state index contributed by atoms with van der Waals surface area (Å²) in [6, 6.07) is 27.0. The monoisotopic (exact) mass is 478 g/mol. The molecule has 0 atom stereocenters. The van der Waals surface area contributed by atoms with Crippen LogP contribution in [-0.2, 0) is 6.54 Å². The van der Waals surface area contributed by atoms with Gasteiger partial charge in [0.1, 0.15) is 5.75 Å². The fourth-order valence-corrected chi connectivity index (χ4v) is 4.85. The molecule has 0 saturated carbocycles. The lowest BCUT2D eigenvalue weighted by molar-refractivity contribution is 0.467. The topological polar surface area (TPSA) is 45.2 Å². The summed E-state index contributed by atoms with van der Waals surface area (Å²) in [5.74, 6) is 1.47. The van der Waals surface area contributed by atoms with E-state index in [1.54, 1.807) is 0 Å². The van der Waals surface area contributed by atoms with Crippen LogP contribution in [0.3, 0.4) is 0 Å². The Morgan fingerprint density at radius 3 is 1.78 bits per heavy atom. The number of benzene rings is 3. The number of aromatic nitrogens is 1. The van der Waals surface area contributed by atoms with Gasteiger partial charge in [-0.1, -0.05) is 108 Å². The molecule has 2 N–H and O–H groups in total.